The van der Waals surface area contributed by atoms with E-state index >= 15 is 0 Å². The quantitative estimate of drug-likeness (QED) is 0.342. The normalized spacial score (nSPS) is 28.9. The first-order chi connectivity index (χ1) is 24.8. The van der Waals surface area contributed by atoms with Crippen LogP contribution in [0.4, 0.5) is 11.4 Å². The van der Waals surface area contributed by atoms with Gasteiger partial charge in [-0.25, -0.2) is 4.79 Å². The van der Waals surface area contributed by atoms with E-state index in [2.05, 4.69) is 5.32 Å². The zero-order valence-electron chi connectivity index (χ0n) is 35.8. The van der Waals surface area contributed by atoms with Crippen molar-refractivity contribution < 1.29 is 36.9 Å². The van der Waals surface area contributed by atoms with E-state index in [0.29, 0.717) is 32.2 Å². The minimum absolute atomic E-state index is 0.131. The molecule has 2 heterocycles. The van der Waals surface area contributed by atoms with E-state index in [4.69, 9.17) is 22.6 Å². The number of ether oxygens (including phenoxy) is 1. The molecule has 1 saturated heterocycles. The lowest BCUT2D eigenvalue weighted by molar-refractivity contribution is -0.120. The van der Waals surface area contributed by atoms with E-state index in [0.717, 1.165) is 21.0 Å². The molecule has 1 N–H and O–H groups in total. The number of methoxy groups -OCH3 is 1. The number of esters is 1. The number of hydrogen-bond acceptors (Lipinski definition) is 6. The summed E-state index contributed by atoms with van der Waals surface area (Å²) >= 11 is 0. The van der Waals surface area contributed by atoms with Gasteiger partial charge in [-0.1, -0.05) is 48.5 Å². The van der Waals surface area contributed by atoms with Crippen molar-refractivity contribution in [1.82, 2.24) is 9.80 Å². The Morgan fingerprint density at radius 3 is 2.59 bits per heavy atom. The zero-order valence-corrected chi connectivity index (χ0v) is 22.8. The van der Waals surface area contributed by atoms with Crippen LogP contribution in [0.15, 0.2) is 72.7 Å². The summed E-state index contributed by atoms with van der Waals surface area (Å²) in [6, 6.07) is 7.27. The van der Waals surface area contributed by atoms with Crippen molar-refractivity contribution in [2.75, 3.05) is 57.4 Å². The Kier molecular flexibility index (Phi) is 4.79. The van der Waals surface area contributed by atoms with Crippen LogP contribution in [0.5, 0.6) is 0 Å². The largest absolute Gasteiger partial charge is 0.465 e. The van der Waals surface area contributed by atoms with Crippen LogP contribution in [0.1, 0.15) is 51.8 Å². The Balaban J connectivity index is 1.62. The third-order valence-corrected chi connectivity index (χ3v) is 6.58. The number of benzene rings is 3. The number of carbonyl (C=O) groups is 3. The van der Waals surface area contributed by atoms with Gasteiger partial charge in [0.05, 0.1) is 33.0 Å². The summed E-state index contributed by atoms with van der Waals surface area (Å²) in [6.07, 6.45) is -0.349. The second-order valence-corrected chi connectivity index (χ2v) is 9.22. The molecule has 212 valence electrons. The van der Waals surface area contributed by atoms with E-state index in [1.54, 1.807) is 30.3 Å². The Morgan fingerprint density at radius 1 is 1.15 bits per heavy atom. The number of anilines is 2. The number of likely N-dealkylation sites (N-methyl/N-ethyl adjacent to an activating group) is 2. The van der Waals surface area contributed by atoms with Gasteiger partial charge in [-0.05, 0) is 61.3 Å². The number of hydrogen-bond donors (Lipinski definition) is 1. The Morgan fingerprint density at radius 2 is 1.88 bits per heavy atom. The lowest BCUT2D eigenvalue weighted by Crippen LogP contribution is -2.52. The van der Waals surface area contributed by atoms with Crippen molar-refractivity contribution in [2.45, 2.75) is 19.4 Å². The Bertz CT molecular complexity index is 2050. The molecule has 0 spiro atoms. The molecule has 0 radical (unpaired) electrons. The number of rotatable bonds is 7. The molecule has 8 heteroatoms. The van der Waals surface area contributed by atoms with Crippen LogP contribution in [0.2, 0.25) is 0 Å². The van der Waals surface area contributed by atoms with Crippen molar-refractivity contribution >= 4 is 40.3 Å². The van der Waals surface area contributed by atoms with E-state index in [1.165, 1.54) is 25.3 Å². The number of fused-ring (bicyclic) bond motifs is 1. The van der Waals surface area contributed by atoms with Crippen LogP contribution < -0.4 is 10.2 Å². The molecule has 0 aliphatic carbocycles. The topological polar surface area (TPSA) is 82.2 Å². The maximum atomic E-state index is 13.9. The van der Waals surface area contributed by atoms with Gasteiger partial charge in [0.15, 0.2) is 0 Å². The second kappa shape index (κ2) is 12.1. The predicted octanol–water partition coefficient (Wildman–Crippen LogP) is 4.18. The van der Waals surface area contributed by atoms with E-state index in [9.17, 15) is 14.4 Å². The van der Waals surface area contributed by atoms with Crippen LogP contribution in [0.25, 0.3) is 11.1 Å². The predicted molar refractivity (Wildman–Crippen MR) is 162 cm³/mol. The summed E-state index contributed by atoms with van der Waals surface area (Å²) in [4.78, 5) is 40.1. The molecule has 2 aliphatic rings. The van der Waals surface area contributed by atoms with Crippen molar-refractivity contribution in [2.24, 2.45) is 0 Å². The first-order valence-corrected chi connectivity index (χ1v) is 12.5. The lowest BCUT2D eigenvalue weighted by Gasteiger charge is -2.37. The van der Waals surface area contributed by atoms with Crippen LogP contribution in [-0.4, -0.2) is 80.8 Å². The molecule has 8 nitrogen and oxygen atoms in total. The summed E-state index contributed by atoms with van der Waals surface area (Å²) < 4.78 is 117. The van der Waals surface area contributed by atoms with Gasteiger partial charge in [-0.2, -0.15) is 0 Å². The van der Waals surface area contributed by atoms with Gasteiger partial charge in [-0.3, -0.25) is 14.5 Å². The molecule has 3 aromatic rings. The monoisotopic (exact) mass is 565 g/mol. The van der Waals surface area contributed by atoms with Crippen molar-refractivity contribution in [3.63, 3.8) is 0 Å². The highest BCUT2D eigenvalue weighted by atomic mass is 16.5. The van der Waals surface area contributed by atoms with Gasteiger partial charge < -0.3 is 19.9 Å². The summed E-state index contributed by atoms with van der Waals surface area (Å²) in [6.45, 7) is -13.0. The van der Waals surface area contributed by atoms with Gasteiger partial charge in [0.25, 0.3) is 5.91 Å². The Hall–Kier alpha value is -4.27. The maximum absolute atomic E-state index is 13.9. The molecular weight excluding hydrogens is 516 g/mol. The molecule has 2 aliphatic heterocycles. The summed E-state index contributed by atoms with van der Waals surface area (Å²) in [5.74, 6) is -2.97. The van der Waals surface area contributed by atoms with E-state index in [-0.39, 0.29) is 28.0 Å². The minimum atomic E-state index is -3.76. The highest BCUT2D eigenvalue weighted by molar-refractivity contribution is 6.37. The van der Waals surface area contributed by atoms with Crippen LogP contribution in [-0.2, 0) is 20.7 Å². The summed E-state index contributed by atoms with van der Waals surface area (Å²) in [5, 5.41) is 2.71. The van der Waals surface area contributed by atoms with Crippen LogP contribution in [0.3, 0.4) is 0 Å². The van der Waals surface area contributed by atoms with Crippen molar-refractivity contribution in [3.05, 3.63) is 95.0 Å². The van der Waals surface area contributed by atoms with Crippen molar-refractivity contribution in [1.29, 1.82) is 0 Å². The zero-order chi connectivity index (χ0) is 40.7. The third-order valence-electron chi connectivity index (χ3n) is 6.58. The number of carbonyl (C=O) groups excluding carboxylic acids is 3. The first-order valence-electron chi connectivity index (χ1n) is 19.0. The smallest absolute Gasteiger partial charge is 0.337 e. The molecule has 1 atom stereocenters. The van der Waals surface area contributed by atoms with E-state index < -0.39 is 79.6 Å². The SMILES string of the molecule is [2H]c1c([2H])c(N(C)C(=O)C([2H])([2H])N2C([2H])([2H])C([2H])([2H])N(C)C([2H])(C)C2([2H])[2H])c([2H])c([2H])c1C/C(=C1\C(=O)Nc2cc(C(=O)OC)ccc21)c1ccccc1. The highest BCUT2D eigenvalue weighted by Gasteiger charge is 2.29. The van der Waals surface area contributed by atoms with Crippen LogP contribution in [0, 0.1) is 0 Å². The van der Waals surface area contributed by atoms with E-state index in [1.807, 2.05) is 0 Å². The average molecular weight is 566 g/mol. The molecule has 0 saturated carbocycles. The fourth-order valence-electron chi connectivity index (χ4n) is 4.26. The van der Waals surface area contributed by atoms with Crippen LogP contribution >= 0.6 is 0 Å². The average Bonchev–Trinajstić information content (AvgIpc) is 3.43. The lowest BCUT2D eigenvalue weighted by atomic mass is 9.90. The Labute approximate surface area is 259 Å². The highest BCUT2D eigenvalue weighted by Crippen LogP contribution is 2.39. The maximum Gasteiger partial charge on any atom is 0.337 e. The van der Waals surface area contributed by atoms with Crippen molar-refractivity contribution in [3.8, 4) is 0 Å². The van der Waals surface area contributed by atoms with Gasteiger partial charge in [-0.15, -0.1) is 0 Å². The summed E-state index contributed by atoms with van der Waals surface area (Å²) in [5.41, 5.74) is 0.816. The molecule has 1 fully saturated rings. The van der Waals surface area contributed by atoms with Gasteiger partial charge >= 0.3 is 5.97 Å². The molecule has 2 amide bonds. The number of piperazine rings is 1. The molecule has 0 aromatic heterocycles. The number of nitrogens with zero attached hydrogens (tertiary/aromatic N) is 3. The molecule has 41 heavy (non-hydrogen) atoms. The standard InChI is InChI=1S/C33H36N4O4/c1-22-20-37(17-16-35(22)2)21-30(38)36(3)26-13-10-23(11-14-26)18-28(24-8-6-5-7-9-24)31-27-15-12-25(33(40)41-4)19-29(27)34-32(31)39/h5-15,19,22H,16-18,20-21H2,1-4H3,(H,34,39)/b31-28+/i10D,11D,13D,14D,16D2,17D2,20D2,21D2,22D. The molecule has 3 aromatic carbocycles. The molecular formula is C33H36N4O4. The fraction of sp³-hybridized carbons (Fsp3) is 0.303. The third kappa shape index (κ3) is 6.09. The number of nitrogens with one attached hydrogen (secondary N) is 1. The fourth-order valence-corrected chi connectivity index (χ4v) is 4.26. The molecule has 0 bridgehead atoms. The number of amides is 2. The van der Waals surface area contributed by atoms with Gasteiger partial charge in [0, 0.05) is 59.1 Å². The first kappa shape index (κ1) is 16.2. The second-order valence-electron chi connectivity index (χ2n) is 9.22. The summed E-state index contributed by atoms with van der Waals surface area (Å²) in [7, 11) is 3.05. The van der Waals surface area contributed by atoms with Gasteiger partial charge in [0.2, 0.25) is 5.91 Å². The molecule has 5 rings (SSSR count). The van der Waals surface area contributed by atoms with Gasteiger partial charge in [0.1, 0.15) is 0 Å². The number of allylic oxidation sites excluding steroid dienone is 1. The minimum Gasteiger partial charge on any atom is -0.465 e. The molecule has 1 unspecified atom stereocenters.